The standard InChI is InChI=1S/C24H25N5O3/c30-22(27-12-14-28-13-11-25-17-28)20-15-26-16-21-23(31)32-24(29(20)21,18-7-3-1-4-8-18)19-9-5-2-6-10-19/h1-11,13,17,20-21,26H,12,14-16H2,(H,27,30). The van der Waals surface area contributed by atoms with Crippen LogP contribution in [0.5, 0.6) is 0 Å². The largest absolute Gasteiger partial charge is 0.434 e. The number of amides is 1. The molecule has 2 atom stereocenters. The Bertz CT molecular complexity index is 1030. The molecule has 2 aliphatic rings. The van der Waals surface area contributed by atoms with Crippen LogP contribution in [-0.4, -0.2) is 58.0 Å². The first-order chi connectivity index (χ1) is 15.7. The van der Waals surface area contributed by atoms with Gasteiger partial charge in [-0.2, -0.15) is 0 Å². The number of ether oxygens (including phenoxy) is 1. The summed E-state index contributed by atoms with van der Waals surface area (Å²) < 4.78 is 8.07. The lowest BCUT2D eigenvalue weighted by molar-refractivity contribution is -0.153. The average Bonchev–Trinajstić information content (AvgIpc) is 3.47. The number of carbonyl (C=O) groups excluding carboxylic acids is 2. The highest BCUT2D eigenvalue weighted by molar-refractivity contribution is 5.86. The number of fused-ring (bicyclic) bond motifs is 1. The molecular formula is C24H25N5O3. The van der Waals surface area contributed by atoms with E-state index in [1.807, 2.05) is 76.3 Å². The summed E-state index contributed by atoms with van der Waals surface area (Å²) in [6.45, 7) is 1.93. The Labute approximate surface area is 186 Å². The van der Waals surface area contributed by atoms with E-state index >= 15 is 0 Å². The van der Waals surface area contributed by atoms with Crippen LogP contribution < -0.4 is 10.6 Å². The van der Waals surface area contributed by atoms with Crippen molar-refractivity contribution in [1.29, 1.82) is 0 Å². The summed E-state index contributed by atoms with van der Waals surface area (Å²) in [5.41, 5.74) is 0.471. The third-order valence-corrected chi connectivity index (χ3v) is 6.09. The van der Waals surface area contributed by atoms with Crippen molar-refractivity contribution in [2.75, 3.05) is 19.6 Å². The van der Waals surface area contributed by atoms with Crippen molar-refractivity contribution in [3.05, 3.63) is 90.5 Å². The normalized spacial score (nSPS) is 22.2. The minimum atomic E-state index is -1.17. The molecule has 3 heterocycles. The van der Waals surface area contributed by atoms with E-state index in [-0.39, 0.29) is 11.9 Å². The fourth-order valence-corrected chi connectivity index (χ4v) is 4.65. The topological polar surface area (TPSA) is 88.5 Å². The summed E-state index contributed by atoms with van der Waals surface area (Å²) in [4.78, 5) is 32.4. The second kappa shape index (κ2) is 8.57. The van der Waals surface area contributed by atoms with Crippen LogP contribution in [0.25, 0.3) is 0 Å². The number of nitrogens with one attached hydrogen (secondary N) is 2. The Kier molecular flexibility index (Phi) is 5.46. The van der Waals surface area contributed by atoms with Crippen LogP contribution in [-0.2, 0) is 26.6 Å². The zero-order valence-corrected chi connectivity index (χ0v) is 17.6. The molecule has 32 heavy (non-hydrogen) atoms. The zero-order chi connectivity index (χ0) is 22.0. The van der Waals surface area contributed by atoms with Gasteiger partial charge in [-0.25, -0.2) is 9.88 Å². The first-order valence-electron chi connectivity index (χ1n) is 10.8. The molecule has 2 saturated heterocycles. The number of hydrogen-bond acceptors (Lipinski definition) is 6. The summed E-state index contributed by atoms with van der Waals surface area (Å²) in [5.74, 6) is -0.474. The van der Waals surface area contributed by atoms with Gasteiger partial charge in [0.15, 0.2) is 0 Å². The molecule has 0 bridgehead atoms. The molecule has 0 aliphatic carbocycles. The van der Waals surface area contributed by atoms with Crippen molar-refractivity contribution in [1.82, 2.24) is 25.1 Å². The zero-order valence-electron chi connectivity index (χ0n) is 17.6. The number of rotatable bonds is 6. The second-order valence-corrected chi connectivity index (χ2v) is 7.99. The van der Waals surface area contributed by atoms with E-state index in [1.54, 1.807) is 12.5 Å². The number of piperazine rings is 1. The number of imidazole rings is 1. The van der Waals surface area contributed by atoms with Crippen molar-refractivity contribution in [3.63, 3.8) is 0 Å². The molecule has 2 N–H and O–H groups in total. The number of benzene rings is 2. The van der Waals surface area contributed by atoms with Gasteiger partial charge in [0.05, 0.1) is 6.33 Å². The van der Waals surface area contributed by atoms with Crippen molar-refractivity contribution in [2.45, 2.75) is 24.4 Å². The molecule has 0 spiro atoms. The monoisotopic (exact) mass is 431 g/mol. The van der Waals surface area contributed by atoms with Gasteiger partial charge in [-0.15, -0.1) is 0 Å². The molecule has 5 rings (SSSR count). The number of esters is 1. The van der Waals surface area contributed by atoms with Gasteiger partial charge in [0.2, 0.25) is 11.6 Å². The summed E-state index contributed by atoms with van der Waals surface area (Å²) >= 11 is 0. The van der Waals surface area contributed by atoms with Crippen LogP contribution in [0.4, 0.5) is 0 Å². The van der Waals surface area contributed by atoms with E-state index < -0.39 is 17.8 Å². The summed E-state index contributed by atoms with van der Waals surface area (Å²) in [5, 5.41) is 6.27. The predicted molar refractivity (Wildman–Crippen MR) is 117 cm³/mol. The van der Waals surface area contributed by atoms with E-state index in [4.69, 9.17) is 4.74 Å². The predicted octanol–water partition coefficient (Wildman–Crippen LogP) is 1.10. The van der Waals surface area contributed by atoms with E-state index in [9.17, 15) is 9.59 Å². The van der Waals surface area contributed by atoms with Crippen LogP contribution in [0.3, 0.4) is 0 Å². The quantitative estimate of drug-likeness (QED) is 0.569. The number of nitrogens with zero attached hydrogens (tertiary/aromatic N) is 3. The van der Waals surface area contributed by atoms with Gasteiger partial charge in [0.25, 0.3) is 0 Å². The van der Waals surface area contributed by atoms with Gasteiger partial charge in [0, 0.05) is 49.7 Å². The molecule has 164 valence electrons. The summed E-state index contributed by atoms with van der Waals surface area (Å²) in [6.07, 6.45) is 5.28. The molecule has 8 heteroatoms. The third-order valence-electron chi connectivity index (χ3n) is 6.09. The molecule has 2 fully saturated rings. The Morgan fingerprint density at radius 1 is 1.09 bits per heavy atom. The first kappa shape index (κ1) is 20.4. The number of carbonyl (C=O) groups is 2. The molecule has 0 saturated carbocycles. The highest BCUT2D eigenvalue weighted by atomic mass is 16.6. The van der Waals surface area contributed by atoms with Crippen LogP contribution in [0.15, 0.2) is 79.4 Å². The molecule has 2 aromatic carbocycles. The van der Waals surface area contributed by atoms with Crippen LogP contribution >= 0.6 is 0 Å². The van der Waals surface area contributed by atoms with Gasteiger partial charge < -0.3 is 19.9 Å². The van der Waals surface area contributed by atoms with Crippen LogP contribution in [0.1, 0.15) is 11.1 Å². The minimum absolute atomic E-state index is 0.142. The van der Waals surface area contributed by atoms with Gasteiger partial charge in [-0.1, -0.05) is 60.7 Å². The van der Waals surface area contributed by atoms with Gasteiger partial charge >= 0.3 is 5.97 Å². The Morgan fingerprint density at radius 3 is 2.41 bits per heavy atom. The summed E-state index contributed by atoms with van der Waals surface area (Å²) in [7, 11) is 0. The van der Waals surface area contributed by atoms with Crippen LogP contribution in [0, 0.1) is 0 Å². The summed E-state index contributed by atoms with van der Waals surface area (Å²) in [6, 6.07) is 18.2. The molecule has 3 aromatic rings. The fraction of sp³-hybridized carbons (Fsp3) is 0.292. The van der Waals surface area contributed by atoms with Crippen molar-refractivity contribution < 1.29 is 14.3 Å². The molecule has 2 aliphatic heterocycles. The second-order valence-electron chi connectivity index (χ2n) is 7.99. The van der Waals surface area contributed by atoms with E-state index in [1.165, 1.54) is 0 Å². The number of aromatic nitrogens is 2. The molecule has 2 unspecified atom stereocenters. The maximum atomic E-state index is 13.3. The van der Waals surface area contributed by atoms with E-state index in [0.717, 1.165) is 11.1 Å². The number of hydrogen-bond donors (Lipinski definition) is 2. The SMILES string of the molecule is O=C(NCCn1ccnc1)C1CNCC2C(=O)OC(c3ccccc3)(c3ccccc3)N12. The van der Waals surface area contributed by atoms with Crippen LogP contribution in [0.2, 0.25) is 0 Å². The fourth-order valence-electron chi connectivity index (χ4n) is 4.65. The van der Waals surface area contributed by atoms with Gasteiger partial charge in [-0.05, 0) is 0 Å². The molecule has 1 amide bonds. The van der Waals surface area contributed by atoms with Crippen molar-refractivity contribution in [3.8, 4) is 0 Å². The molecule has 0 radical (unpaired) electrons. The molecular weight excluding hydrogens is 406 g/mol. The first-order valence-corrected chi connectivity index (χ1v) is 10.8. The smallest absolute Gasteiger partial charge is 0.327 e. The molecule has 1 aromatic heterocycles. The Hall–Kier alpha value is -3.49. The Balaban J connectivity index is 1.51. The Morgan fingerprint density at radius 2 is 1.78 bits per heavy atom. The lowest BCUT2D eigenvalue weighted by Crippen LogP contribution is -2.65. The highest BCUT2D eigenvalue weighted by Crippen LogP contribution is 2.45. The lowest BCUT2D eigenvalue weighted by atomic mass is 9.90. The number of cyclic esters (lactones) is 1. The maximum absolute atomic E-state index is 13.3. The van der Waals surface area contributed by atoms with Crippen molar-refractivity contribution in [2.24, 2.45) is 0 Å². The van der Waals surface area contributed by atoms with E-state index in [0.29, 0.717) is 26.2 Å². The van der Waals surface area contributed by atoms with Gasteiger partial charge in [-0.3, -0.25) is 9.59 Å². The van der Waals surface area contributed by atoms with Crippen molar-refractivity contribution >= 4 is 11.9 Å². The average molecular weight is 431 g/mol. The minimum Gasteiger partial charge on any atom is -0.434 e. The van der Waals surface area contributed by atoms with Gasteiger partial charge in [0.1, 0.15) is 12.1 Å². The third kappa shape index (κ3) is 3.47. The lowest BCUT2D eigenvalue weighted by Gasteiger charge is -2.44. The molecule has 8 nitrogen and oxygen atoms in total. The van der Waals surface area contributed by atoms with E-state index in [2.05, 4.69) is 15.6 Å². The maximum Gasteiger partial charge on any atom is 0.327 e. The highest BCUT2D eigenvalue weighted by Gasteiger charge is 2.60.